The number of benzene rings is 2. The van der Waals surface area contributed by atoms with E-state index in [1.165, 1.54) is 4.90 Å². The van der Waals surface area contributed by atoms with Crippen molar-refractivity contribution in [1.29, 1.82) is 0 Å². The van der Waals surface area contributed by atoms with Crippen molar-refractivity contribution in [3.63, 3.8) is 0 Å². The number of fused-ring (bicyclic) bond motifs is 1. The Hall–Kier alpha value is -2.04. The zero-order valence-electron chi connectivity index (χ0n) is 12.2. The van der Waals surface area contributed by atoms with Crippen molar-refractivity contribution < 1.29 is 9.59 Å². The Morgan fingerprint density at radius 2 is 1.91 bits per heavy atom. The number of rotatable bonds is 3. The van der Waals surface area contributed by atoms with Gasteiger partial charge in [0.1, 0.15) is 6.54 Å². The summed E-state index contributed by atoms with van der Waals surface area (Å²) in [5, 5.41) is 3.73. The maximum atomic E-state index is 12.5. The summed E-state index contributed by atoms with van der Waals surface area (Å²) in [4.78, 5) is 25.8. The molecule has 0 radical (unpaired) electrons. The number of amides is 2. The molecule has 0 saturated carbocycles. The quantitative estimate of drug-likeness (QED) is 0.913. The smallest absolute Gasteiger partial charge is 0.244 e. The normalized spacial score (nSPS) is 13.5. The standard InChI is InChI=1S/C17H14Cl2N2O2/c18-12-7-5-11(9-13(12)19)6-8-17(23)21-10-16(22)20-14-3-1-2-4-15(14)21/h1-5,7,9H,6,8,10H2,(H,20,22). The Bertz CT molecular complexity index is 777. The van der Waals surface area contributed by atoms with Gasteiger partial charge in [0, 0.05) is 6.42 Å². The van der Waals surface area contributed by atoms with Crippen molar-refractivity contribution in [3.05, 3.63) is 58.1 Å². The first-order valence-electron chi connectivity index (χ1n) is 7.18. The molecule has 0 aliphatic carbocycles. The molecule has 0 fully saturated rings. The van der Waals surface area contributed by atoms with Gasteiger partial charge in [-0.15, -0.1) is 0 Å². The third kappa shape index (κ3) is 3.49. The summed E-state index contributed by atoms with van der Waals surface area (Å²) in [6, 6.07) is 12.6. The molecule has 2 amide bonds. The van der Waals surface area contributed by atoms with Crippen LogP contribution in [0.4, 0.5) is 11.4 Å². The maximum Gasteiger partial charge on any atom is 0.244 e. The summed E-state index contributed by atoms with van der Waals surface area (Å²) in [6.07, 6.45) is 0.829. The minimum atomic E-state index is -0.188. The van der Waals surface area contributed by atoms with E-state index in [0.29, 0.717) is 28.6 Å². The third-order valence-corrected chi connectivity index (χ3v) is 4.42. The summed E-state index contributed by atoms with van der Waals surface area (Å²) < 4.78 is 0. The summed E-state index contributed by atoms with van der Waals surface area (Å²) in [7, 11) is 0. The van der Waals surface area contributed by atoms with Gasteiger partial charge in [0.15, 0.2) is 0 Å². The Labute approximate surface area is 144 Å². The van der Waals surface area contributed by atoms with Gasteiger partial charge in [-0.25, -0.2) is 0 Å². The number of nitrogens with one attached hydrogen (secondary N) is 1. The van der Waals surface area contributed by atoms with E-state index >= 15 is 0 Å². The van der Waals surface area contributed by atoms with Gasteiger partial charge in [0.05, 0.1) is 21.4 Å². The Morgan fingerprint density at radius 1 is 1.13 bits per heavy atom. The number of carbonyl (C=O) groups is 2. The van der Waals surface area contributed by atoms with Crippen molar-refractivity contribution in [1.82, 2.24) is 0 Å². The highest BCUT2D eigenvalue weighted by Gasteiger charge is 2.26. The highest BCUT2D eigenvalue weighted by atomic mass is 35.5. The van der Waals surface area contributed by atoms with Crippen LogP contribution in [0, 0.1) is 0 Å². The molecular formula is C17H14Cl2N2O2. The molecule has 1 aliphatic heterocycles. The van der Waals surface area contributed by atoms with Crippen LogP contribution in [-0.2, 0) is 16.0 Å². The average Bonchev–Trinajstić information content (AvgIpc) is 2.54. The number of para-hydroxylation sites is 2. The highest BCUT2D eigenvalue weighted by Crippen LogP contribution is 2.29. The van der Waals surface area contributed by atoms with Gasteiger partial charge in [-0.2, -0.15) is 0 Å². The third-order valence-electron chi connectivity index (χ3n) is 3.68. The number of aryl methyl sites for hydroxylation is 1. The van der Waals surface area contributed by atoms with E-state index in [4.69, 9.17) is 23.2 Å². The molecule has 0 bridgehead atoms. The van der Waals surface area contributed by atoms with Gasteiger partial charge in [-0.3, -0.25) is 9.59 Å². The largest absolute Gasteiger partial charge is 0.323 e. The average molecular weight is 349 g/mol. The van der Waals surface area contributed by atoms with Crippen molar-refractivity contribution in [2.45, 2.75) is 12.8 Å². The van der Waals surface area contributed by atoms with E-state index in [0.717, 1.165) is 11.3 Å². The van der Waals surface area contributed by atoms with Crippen LogP contribution in [0.1, 0.15) is 12.0 Å². The number of nitrogens with zero attached hydrogens (tertiary/aromatic N) is 1. The molecular weight excluding hydrogens is 335 g/mol. The zero-order chi connectivity index (χ0) is 16.4. The Balaban J connectivity index is 1.73. The summed E-state index contributed by atoms with van der Waals surface area (Å²) in [5.74, 6) is -0.287. The lowest BCUT2D eigenvalue weighted by molar-refractivity contribution is -0.121. The SMILES string of the molecule is O=C1CN(C(=O)CCc2ccc(Cl)c(Cl)c2)c2ccccc2N1. The number of anilines is 2. The molecule has 118 valence electrons. The molecule has 2 aromatic carbocycles. The first kappa shape index (κ1) is 15.8. The first-order chi connectivity index (χ1) is 11.0. The minimum absolute atomic E-state index is 0.0389. The summed E-state index contributed by atoms with van der Waals surface area (Å²) in [6.45, 7) is 0.0389. The van der Waals surface area contributed by atoms with Crippen LogP contribution in [0.15, 0.2) is 42.5 Å². The highest BCUT2D eigenvalue weighted by molar-refractivity contribution is 6.42. The van der Waals surface area contributed by atoms with Crippen molar-refractivity contribution in [3.8, 4) is 0 Å². The van der Waals surface area contributed by atoms with E-state index in [9.17, 15) is 9.59 Å². The molecule has 0 spiro atoms. The van der Waals surface area contributed by atoms with Gasteiger partial charge in [0.25, 0.3) is 0 Å². The van der Waals surface area contributed by atoms with Gasteiger partial charge >= 0.3 is 0 Å². The monoisotopic (exact) mass is 348 g/mol. The molecule has 1 heterocycles. The number of hydrogen-bond acceptors (Lipinski definition) is 2. The zero-order valence-corrected chi connectivity index (χ0v) is 13.7. The van der Waals surface area contributed by atoms with Crippen LogP contribution >= 0.6 is 23.2 Å². The van der Waals surface area contributed by atoms with Crippen LogP contribution in [0.5, 0.6) is 0 Å². The summed E-state index contributed by atoms with van der Waals surface area (Å²) in [5.41, 5.74) is 2.32. The number of halogens is 2. The topological polar surface area (TPSA) is 49.4 Å². The molecule has 0 saturated heterocycles. The van der Waals surface area contributed by atoms with Crippen LogP contribution in [0.3, 0.4) is 0 Å². The number of hydrogen-bond donors (Lipinski definition) is 1. The van der Waals surface area contributed by atoms with E-state index in [2.05, 4.69) is 5.32 Å². The van der Waals surface area contributed by atoms with Gasteiger partial charge < -0.3 is 10.2 Å². The van der Waals surface area contributed by atoms with Gasteiger partial charge in [-0.05, 0) is 36.2 Å². The van der Waals surface area contributed by atoms with E-state index in [1.54, 1.807) is 18.2 Å². The molecule has 23 heavy (non-hydrogen) atoms. The van der Waals surface area contributed by atoms with Gasteiger partial charge in [-0.1, -0.05) is 41.4 Å². The van der Waals surface area contributed by atoms with Crippen LogP contribution in [-0.4, -0.2) is 18.4 Å². The fraction of sp³-hybridized carbons (Fsp3) is 0.176. The fourth-order valence-corrected chi connectivity index (χ4v) is 2.86. The fourth-order valence-electron chi connectivity index (χ4n) is 2.54. The maximum absolute atomic E-state index is 12.5. The lowest BCUT2D eigenvalue weighted by Crippen LogP contribution is -2.42. The minimum Gasteiger partial charge on any atom is -0.323 e. The second-order valence-corrected chi connectivity index (χ2v) is 6.11. The Morgan fingerprint density at radius 3 is 2.70 bits per heavy atom. The van der Waals surface area contributed by atoms with Crippen LogP contribution in [0.25, 0.3) is 0 Å². The second kappa shape index (κ2) is 6.60. The molecule has 3 rings (SSSR count). The first-order valence-corrected chi connectivity index (χ1v) is 7.93. The molecule has 2 aromatic rings. The van der Waals surface area contributed by atoms with E-state index < -0.39 is 0 Å². The van der Waals surface area contributed by atoms with Crippen molar-refractivity contribution in [2.24, 2.45) is 0 Å². The van der Waals surface area contributed by atoms with Crippen LogP contribution in [0.2, 0.25) is 10.0 Å². The molecule has 1 N–H and O–H groups in total. The predicted octanol–water partition coefficient (Wildman–Crippen LogP) is 3.91. The second-order valence-electron chi connectivity index (χ2n) is 5.29. The molecule has 6 heteroatoms. The number of carbonyl (C=O) groups excluding carboxylic acids is 2. The molecule has 1 aliphatic rings. The molecule has 0 atom stereocenters. The molecule has 0 aromatic heterocycles. The lowest BCUT2D eigenvalue weighted by atomic mass is 10.1. The lowest BCUT2D eigenvalue weighted by Gasteiger charge is -2.29. The Kier molecular flexibility index (Phi) is 4.55. The molecule has 4 nitrogen and oxygen atoms in total. The van der Waals surface area contributed by atoms with Crippen molar-refractivity contribution in [2.75, 3.05) is 16.8 Å². The van der Waals surface area contributed by atoms with E-state index in [1.807, 2.05) is 24.3 Å². The predicted molar refractivity (Wildman–Crippen MR) is 92.2 cm³/mol. The molecule has 0 unspecified atom stereocenters. The summed E-state index contributed by atoms with van der Waals surface area (Å²) >= 11 is 11.9. The van der Waals surface area contributed by atoms with Crippen LogP contribution < -0.4 is 10.2 Å². The van der Waals surface area contributed by atoms with Crippen molar-refractivity contribution >= 4 is 46.4 Å². The van der Waals surface area contributed by atoms with E-state index in [-0.39, 0.29) is 18.4 Å². The van der Waals surface area contributed by atoms with Gasteiger partial charge in [0.2, 0.25) is 11.8 Å².